The van der Waals surface area contributed by atoms with Crippen molar-refractivity contribution in [3.63, 3.8) is 0 Å². The standard InChI is InChI=1S/C12H16/c1-4-6-12-9-11(5-2)8-7-10(12)3/h5,7-9H,2,4,6H2,1,3H3. The summed E-state index contributed by atoms with van der Waals surface area (Å²) in [5.41, 5.74) is 4.07. The molecule has 0 atom stereocenters. The fraction of sp³-hybridized carbons (Fsp3) is 0.333. The summed E-state index contributed by atoms with van der Waals surface area (Å²) in [4.78, 5) is 0. The number of hydrogen-bond donors (Lipinski definition) is 0. The van der Waals surface area contributed by atoms with Gasteiger partial charge >= 0.3 is 0 Å². The molecule has 0 unspecified atom stereocenters. The Hall–Kier alpha value is -1.04. The minimum atomic E-state index is 1.17. The third-order valence-electron chi connectivity index (χ3n) is 2.13. The minimum Gasteiger partial charge on any atom is -0.0985 e. The lowest BCUT2D eigenvalue weighted by atomic mass is 10.0. The van der Waals surface area contributed by atoms with Gasteiger partial charge in [-0.3, -0.25) is 0 Å². The third kappa shape index (κ3) is 1.97. The lowest BCUT2D eigenvalue weighted by Gasteiger charge is -2.04. The molecule has 64 valence electrons. The lowest BCUT2D eigenvalue weighted by molar-refractivity contribution is 0.912. The number of rotatable bonds is 3. The van der Waals surface area contributed by atoms with Gasteiger partial charge in [0.2, 0.25) is 0 Å². The smallest absolute Gasteiger partial charge is 0.0260 e. The van der Waals surface area contributed by atoms with Crippen LogP contribution in [-0.2, 0) is 6.42 Å². The van der Waals surface area contributed by atoms with E-state index in [2.05, 4.69) is 38.6 Å². The van der Waals surface area contributed by atoms with Crippen molar-refractivity contribution < 1.29 is 0 Å². The first-order chi connectivity index (χ1) is 5.77. The van der Waals surface area contributed by atoms with Crippen LogP contribution in [0.3, 0.4) is 0 Å². The van der Waals surface area contributed by atoms with Crippen LogP contribution in [0.15, 0.2) is 24.8 Å². The summed E-state index contributed by atoms with van der Waals surface area (Å²) < 4.78 is 0. The fourth-order valence-corrected chi connectivity index (χ4v) is 1.36. The molecule has 0 saturated carbocycles. The highest BCUT2D eigenvalue weighted by molar-refractivity contribution is 5.49. The first kappa shape index (κ1) is 9.05. The summed E-state index contributed by atoms with van der Waals surface area (Å²) in [6, 6.07) is 6.51. The molecule has 0 aliphatic heterocycles. The van der Waals surface area contributed by atoms with Crippen molar-refractivity contribution in [2.75, 3.05) is 0 Å². The fourth-order valence-electron chi connectivity index (χ4n) is 1.36. The van der Waals surface area contributed by atoms with Crippen LogP contribution in [0.4, 0.5) is 0 Å². The van der Waals surface area contributed by atoms with Crippen LogP contribution in [0.1, 0.15) is 30.0 Å². The Labute approximate surface area is 74.9 Å². The van der Waals surface area contributed by atoms with Crippen LogP contribution in [0.2, 0.25) is 0 Å². The van der Waals surface area contributed by atoms with Gasteiger partial charge in [-0.15, -0.1) is 0 Å². The molecule has 0 aliphatic rings. The SMILES string of the molecule is C=Cc1ccc(C)c(CCC)c1. The lowest BCUT2D eigenvalue weighted by Crippen LogP contribution is -1.88. The second-order valence-corrected chi connectivity index (χ2v) is 3.14. The van der Waals surface area contributed by atoms with E-state index in [1.54, 1.807) is 0 Å². The van der Waals surface area contributed by atoms with Gasteiger partial charge in [0.1, 0.15) is 0 Å². The van der Waals surface area contributed by atoms with Gasteiger partial charge in [-0.25, -0.2) is 0 Å². The molecule has 1 aromatic carbocycles. The quantitative estimate of drug-likeness (QED) is 0.634. The summed E-state index contributed by atoms with van der Waals surface area (Å²) in [6.07, 6.45) is 4.29. The maximum absolute atomic E-state index is 3.76. The van der Waals surface area contributed by atoms with Crippen LogP contribution < -0.4 is 0 Å². The molecule has 0 aliphatic carbocycles. The van der Waals surface area contributed by atoms with Crippen molar-refractivity contribution in [1.29, 1.82) is 0 Å². The van der Waals surface area contributed by atoms with Crippen molar-refractivity contribution in [3.8, 4) is 0 Å². The molecule has 0 heteroatoms. The topological polar surface area (TPSA) is 0 Å². The van der Waals surface area contributed by atoms with Crippen LogP contribution in [0, 0.1) is 6.92 Å². The Kier molecular flexibility index (Phi) is 3.09. The Balaban J connectivity index is 2.99. The molecular weight excluding hydrogens is 144 g/mol. The highest BCUT2D eigenvalue weighted by Gasteiger charge is 1.96. The predicted octanol–water partition coefficient (Wildman–Crippen LogP) is 3.59. The van der Waals surface area contributed by atoms with Crippen molar-refractivity contribution in [2.45, 2.75) is 26.7 Å². The maximum Gasteiger partial charge on any atom is -0.0260 e. The molecule has 0 aromatic heterocycles. The van der Waals surface area contributed by atoms with Gasteiger partial charge in [0.05, 0.1) is 0 Å². The molecule has 0 N–H and O–H groups in total. The Bertz CT molecular complexity index is 271. The van der Waals surface area contributed by atoms with Crippen molar-refractivity contribution in [1.82, 2.24) is 0 Å². The molecule has 0 nitrogen and oxygen atoms in total. The summed E-state index contributed by atoms with van der Waals surface area (Å²) in [7, 11) is 0. The Morgan fingerprint density at radius 3 is 2.75 bits per heavy atom. The molecule has 0 radical (unpaired) electrons. The van der Waals surface area contributed by atoms with E-state index in [1.807, 2.05) is 6.08 Å². The number of hydrogen-bond acceptors (Lipinski definition) is 0. The predicted molar refractivity (Wildman–Crippen MR) is 55.3 cm³/mol. The van der Waals surface area contributed by atoms with Gasteiger partial charge in [-0.2, -0.15) is 0 Å². The van der Waals surface area contributed by atoms with E-state index in [1.165, 1.54) is 29.5 Å². The molecule has 1 rings (SSSR count). The summed E-state index contributed by atoms with van der Waals surface area (Å²) in [6.45, 7) is 8.13. The largest absolute Gasteiger partial charge is 0.0985 e. The zero-order chi connectivity index (χ0) is 8.97. The normalized spacial score (nSPS) is 9.83. The second-order valence-electron chi connectivity index (χ2n) is 3.14. The third-order valence-corrected chi connectivity index (χ3v) is 2.13. The molecule has 0 spiro atoms. The van der Waals surface area contributed by atoms with Crippen LogP contribution in [0.25, 0.3) is 6.08 Å². The van der Waals surface area contributed by atoms with Gasteiger partial charge in [-0.1, -0.05) is 44.2 Å². The molecule has 12 heavy (non-hydrogen) atoms. The van der Waals surface area contributed by atoms with Gasteiger partial charge in [-0.05, 0) is 30.0 Å². The summed E-state index contributed by atoms with van der Waals surface area (Å²) >= 11 is 0. The molecule has 0 fully saturated rings. The minimum absolute atomic E-state index is 1.17. The van der Waals surface area contributed by atoms with Gasteiger partial charge in [0.25, 0.3) is 0 Å². The molecule has 0 bridgehead atoms. The van der Waals surface area contributed by atoms with Crippen molar-refractivity contribution in [2.24, 2.45) is 0 Å². The second kappa shape index (κ2) is 4.10. The Morgan fingerprint density at radius 1 is 1.42 bits per heavy atom. The Morgan fingerprint density at radius 2 is 2.17 bits per heavy atom. The van der Waals surface area contributed by atoms with E-state index in [0.29, 0.717) is 0 Å². The van der Waals surface area contributed by atoms with E-state index in [4.69, 9.17) is 0 Å². The first-order valence-corrected chi connectivity index (χ1v) is 4.50. The van der Waals surface area contributed by atoms with Gasteiger partial charge in [0.15, 0.2) is 0 Å². The highest BCUT2D eigenvalue weighted by atomic mass is 14.0. The monoisotopic (exact) mass is 160 g/mol. The summed E-state index contributed by atoms with van der Waals surface area (Å²) in [5.74, 6) is 0. The van der Waals surface area contributed by atoms with Gasteiger partial charge in [0, 0.05) is 0 Å². The average molecular weight is 160 g/mol. The van der Waals surface area contributed by atoms with Crippen molar-refractivity contribution in [3.05, 3.63) is 41.5 Å². The average Bonchev–Trinajstić information content (AvgIpc) is 2.09. The molecule has 0 saturated heterocycles. The maximum atomic E-state index is 3.76. The van der Waals surface area contributed by atoms with Crippen molar-refractivity contribution >= 4 is 6.08 Å². The molecular formula is C12H16. The van der Waals surface area contributed by atoms with E-state index >= 15 is 0 Å². The molecule has 0 heterocycles. The number of aryl methyl sites for hydroxylation is 2. The van der Waals surface area contributed by atoms with Crippen LogP contribution in [-0.4, -0.2) is 0 Å². The zero-order valence-corrected chi connectivity index (χ0v) is 7.93. The van der Waals surface area contributed by atoms with Gasteiger partial charge < -0.3 is 0 Å². The molecule has 1 aromatic rings. The van der Waals surface area contributed by atoms with Crippen LogP contribution in [0.5, 0.6) is 0 Å². The van der Waals surface area contributed by atoms with Crippen LogP contribution >= 0.6 is 0 Å². The summed E-state index contributed by atoms with van der Waals surface area (Å²) in [5, 5.41) is 0. The van der Waals surface area contributed by atoms with E-state index in [9.17, 15) is 0 Å². The van der Waals surface area contributed by atoms with E-state index in [-0.39, 0.29) is 0 Å². The van der Waals surface area contributed by atoms with E-state index < -0.39 is 0 Å². The van der Waals surface area contributed by atoms with E-state index in [0.717, 1.165) is 0 Å². The first-order valence-electron chi connectivity index (χ1n) is 4.50. The highest BCUT2D eigenvalue weighted by Crippen LogP contribution is 2.13. The zero-order valence-electron chi connectivity index (χ0n) is 7.93. The molecule has 0 amide bonds. The number of benzene rings is 1.